The van der Waals surface area contributed by atoms with Gasteiger partial charge in [-0.3, -0.25) is 19.2 Å². The number of ether oxygens (including phenoxy) is 2. The summed E-state index contributed by atoms with van der Waals surface area (Å²) >= 11 is 5.95. The van der Waals surface area contributed by atoms with Crippen molar-refractivity contribution in [2.75, 3.05) is 61.7 Å². The van der Waals surface area contributed by atoms with E-state index in [9.17, 15) is 23.6 Å². The molecule has 2 aliphatic heterocycles. The van der Waals surface area contributed by atoms with Crippen LogP contribution in [0, 0.1) is 5.82 Å². The van der Waals surface area contributed by atoms with Crippen molar-refractivity contribution in [3.8, 4) is 11.5 Å². The topological polar surface area (TPSA) is 193 Å². The highest BCUT2D eigenvalue weighted by atomic mass is 35.5. The van der Waals surface area contributed by atoms with E-state index in [4.69, 9.17) is 21.1 Å². The molecule has 18 heteroatoms. The third kappa shape index (κ3) is 11.6. The van der Waals surface area contributed by atoms with Crippen LogP contribution in [0.15, 0.2) is 133 Å². The van der Waals surface area contributed by atoms with Gasteiger partial charge in [0.2, 0.25) is 0 Å². The van der Waals surface area contributed by atoms with Crippen molar-refractivity contribution < 1.29 is 33.0 Å². The summed E-state index contributed by atoms with van der Waals surface area (Å²) in [6.07, 6.45) is 5.96. The smallest absolute Gasteiger partial charge is 0.276 e. The molecule has 6 aromatic carbocycles. The van der Waals surface area contributed by atoms with Crippen LogP contribution in [0.3, 0.4) is 0 Å². The number of amides is 4. The van der Waals surface area contributed by atoms with Crippen LogP contribution in [0.2, 0.25) is 5.02 Å². The SMILES string of the molecule is COc1cc2nnc(C(=O)N3CCCCC3)c(Nc3ccc(C(=O)Nc4ccccc4)cc3)c2cc1OC.O=C(Nc1ccccc1)c1ccc(Nc2c(C(=O)N3CCCCC3)nnc3cc(Cl)c(F)cc23)cc1. The van der Waals surface area contributed by atoms with Crippen LogP contribution >= 0.6 is 11.6 Å². The van der Waals surface area contributed by atoms with Crippen molar-refractivity contribution in [1.82, 2.24) is 30.2 Å². The summed E-state index contributed by atoms with van der Waals surface area (Å²) in [4.78, 5) is 55.7. The van der Waals surface area contributed by atoms with Gasteiger partial charge in [0.25, 0.3) is 23.6 Å². The Labute approximate surface area is 431 Å². The first-order chi connectivity index (χ1) is 36.1. The maximum absolute atomic E-state index is 14.4. The normalized spacial score (nSPS) is 13.3. The standard InChI is InChI=1S/C29H29N5O4.C27H23ClFN5O2/c1-37-24-17-22-23(18-25(24)38-2)32-33-27(29(36)34-15-7-4-8-16-34)26(22)30-21-13-11-19(12-14-21)28(35)31-20-9-5-3-6-10-20;28-21-16-23-20(15-22(21)29)24(25(33-32-23)27(36)34-13-5-2-6-14-34)30-19-11-9-17(10-12-19)26(35)31-18-7-3-1-4-8-18/h3,5-6,9-14,17-18H,4,7-8,15-16H2,1-2H3,(H,30,32)(H,31,35);1,3-4,7-12,15-16H,2,5-6,13-14H2,(H,30,32)(H,31,35). The van der Waals surface area contributed by atoms with Gasteiger partial charge in [0, 0.05) is 76.9 Å². The van der Waals surface area contributed by atoms with Crippen LogP contribution in [0.5, 0.6) is 11.5 Å². The summed E-state index contributed by atoms with van der Waals surface area (Å²) in [6, 6.07) is 38.4. The van der Waals surface area contributed by atoms with Crippen molar-refractivity contribution in [3.63, 3.8) is 0 Å². The van der Waals surface area contributed by atoms with E-state index in [1.807, 2.05) is 65.6 Å². The lowest BCUT2D eigenvalue weighted by Crippen LogP contribution is -2.36. The first-order valence-corrected chi connectivity index (χ1v) is 24.6. The van der Waals surface area contributed by atoms with Crippen LogP contribution in [0.25, 0.3) is 21.8 Å². The van der Waals surface area contributed by atoms with E-state index in [0.717, 1.165) is 44.2 Å². The maximum atomic E-state index is 14.4. The second kappa shape index (κ2) is 23.2. The first-order valence-electron chi connectivity index (χ1n) is 24.2. The second-order valence-corrected chi connectivity index (χ2v) is 18.0. The van der Waals surface area contributed by atoms with E-state index >= 15 is 0 Å². The summed E-state index contributed by atoms with van der Waals surface area (Å²) in [5, 5.41) is 30.3. The Balaban J connectivity index is 0.000000182. The highest BCUT2D eigenvalue weighted by molar-refractivity contribution is 6.31. The van der Waals surface area contributed by atoms with Gasteiger partial charge < -0.3 is 40.5 Å². The number of nitrogens with one attached hydrogen (secondary N) is 4. The van der Waals surface area contributed by atoms with Gasteiger partial charge in [-0.05, 0) is 130 Å². The van der Waals surface area contributed by atoms with Crippen molar-refractivity contribution in [2.45, 2.75) is 38.5 Å². The largest absolute Gasteiger partial charge is 0.493 e. The lowest BCUT2D eigenvalue weighted by molar-refractivity contribution is 0.0711. The van der Waals surface area contributed by atoms with Crippen LogP contribution in [0.1, 0.15) is 80.2 Å². The molecule has 0 unspecified atom stereocenters. The van der Waals surface area contributed by atoms with E-state index in [1.165, 1.54) is 12.1 Å². The molecule has 0 aliphatic carbocycles. The number of hydrogen-bond acceptors (Lipinski definition) is 12. The number of carbonyl (C=O) groups is 4. The number of likely N-dealkylation sites (tertiary alicyclic amines) is 2. The fraction of sp³-hybridized carbons (Fsp3) is 0.214. The van der Waals surface area contributed by atoms with E-state index in [0.29, 0.717) is 99.0 Å². The summed E-state index contributed by atoms with van der Waals surface area (Å²) in [5.74, 6) is -0.483. The number of anilines is 6. The Morgan fingerprint density at radius 2 is 0.905 bits per heavy atom. The number of nitrogens with zero attached hydrogens (tertiary/aromatic N) is 6. The maximum Gasteiger partial charge on any atom is 0.276 e. The van der Waals surface area contributed by atoms with Gasteiger partial charge in [-0.2, -0.15) is 0 Å². The molecule has 16 nitrogen and oxygen atoms in total. The predicted octanol–water partition coefficient (Wildman–Crippen LogP) is 11.3. The molecule has 2 saturated heterocycles. The molecular formula is C56H52ClFN10O6. The zero-order chi connectivity index (χ0) is 51.6. The number of aromatic nitrogens is 4. The number of benzene rings is 6. The number of halogens is 2. The average Bonchev–Trinajstić information content (AvgIpc) is 3.44. The van der Waals surface area contributed by atoms with E-state index < -0.39 is 5.82 Å². The number of hydrogen-bond donors (Lipinski definition) is 4. The van der Waals surface area contributed by atoms with Gasteiger partial charge in [-0.15, -0.1) is 20.4 Å². The number of carbonyl (C=O) groups excluding carboxylic acids is 4. The van der Waals surface area contributed by atoms with Crippen LogP contribution in [-0.2, 0) is 0 Å². The second-order valence-electron chi connectivity index (χ2n) is 17.6. The minimum Gasteiger partial charge on any atom is -0.493 e. The summed E-state index contributed by atoms with van der Waals surface area (Å²) in [7, 11) is 3.12. The van der Waals surface area contributed by atoms with Crippen molar-refractivity contribution >= 4 is 91.2 Å². The molecule has 2 aliphatic rings. The molecule has 2 aromatic heterocycles. The molecule has 376 valence electrons. The molecule has 0 saturated carbocycles. The molecule has 8 aromatic rings. The van der Waals surface area contributed by atoms with Gasteiger partial charge in [0.1, 0.15) is 5.82 Å². The molecule has 74 heavy (non-hydrogen) atoms. The third-order valence-corrected chi connectivity index (χ3v) is 12.9. The molecule has 0 spiro atoms. The predicted molar refractivity (Wildman–Crippen MR) is 285 cm³/mol. The zero-order valence-corrected chi connectivity index (χ0v) is 41.4. The lowest BCUT2D eigenvalue weighted by Gasteiger charge is -2.27. The van der Waals surface area contributed by atoms with Gasteiger partial charge >= 0.3 is 0 Å². The minimum atomic E-state index is -0.621. The number of rotatable bonds is 12. The van der Waals surface area contributed by atoms with Crippen molar-refractivity contribution in [3.05, 3.63) is 167 Å². The quantitative estimate of drug-likeness (QED) is 0.0906. The lowest BCUT2D eigenvalue weighted by atomic mass is 10.1. The van der Waals surface area contributed by atoms with Gasteiger partial charge in [-0.1, -0.05) is 48.0 Å². The summed E-state index contributed by atoms with van der Waals surface area (Å²) in [6.45, 7) is 2.65. The number of piperidine rings is 2. The molecule has 4 amide bonds. The number of para-hydroxylation sites is 2. The molecule has 0 radical (unpaired) electrons. The monoisotopic (exact) mass is 1010 g/mol. The Kier molecular flexibility index (Phi) is 15.8. The van der Waals surface area contributed by atoms with Gasteiger partial charge in [0.15, 0.2) is 22.9 Å². The Bertz CT molecular complexity index is 3320. The molecule has 0 atom stereocenters. The third-order valence-electron chi connectivity index (χ3n) is 12.7. The van der Waals surface area contributed by atoms with Crippen LogP contribution < -0.4 is 30.7 Å². The molecule has 10 rings (SSSR count). The molecule has 4 heterocycles. The fourth-order valence-corrected chi connectivity index (χ4v) is 8.89. The molecule has 4 N–H and O–H groups in total. The zero-order valence-electron chi connectivity index (χ0n) is 40.7. The van der Waals surface area contributed by atoms with E-state index in [2.05, 4.69) is 41.7 Å². The van der Waals surface area contributed by atoms with E-state index in [1.54, 1.807) is 79.8 Å². The van der Waals surface area contributed by atoms with Crippen molar-refractivity contribution in [2.24, 2.45) is 0 Å². The highest BCUT2D eigenvalue weighted by Crippen LogP contribution is 2.38. The first kappa shape index (κ1) is 50.2. The minimum absolute atomic E-state index is 0.0772. The van der Waals surface area contributed by atoms with Gasteiger partial charge in [0.05, 0.1) is 41.7 Å². The fourth-order valence-electron chi connectivity index (χ4n) is 8.73. The molecule has 2 fully saturated rings. The summed E-state index contributed by atoms with van der Waals surface area (Å²) < 4.78 is 25.4. The van der Waals surface area contributed by atoms with Crippen molar-refractivity contribution in [1.29, 1.82) is 0 Å². The molecular weight excluding hydrogens is 963 g/mol. The highest BCUT2D eigenvalue weighted by Gasteiger charge is 2.27. The van der Waals surface area contributed by atoms with Crippen LogP contribution in [-0.4, -0.2) is 94.2 Å². The molecule has 0 bridgehead atoms. The average molecular weight is 1020 g/mol. The van der Waals surface area contributed by atoms with Crippen LogP contribution in [0.4, 0.5) is 38.5 Å². The Hall–Kier alpha value is -8.70. The summed E-state index contributed by atoms with van der Waals surface area (Å²) in [5.41, 5.74) is 5.80. The Morgan fingerprint density at radius 3 is 1.34 bits per heavy atom. The Morgan fingerprint density at radius 1 is 0.500 bits per heavy atom. The van der Waals surface area contributed by atoms with E-state index in [-0.39, 0.29) is 40.0 Å². The number of fused-ring (bicyclic) bond motifs is 2. The number of methoxy groups -OCH3 is 2. The van der Waals surface area contributed by atoms with Gasteiger partial charge in [-0.25, -0.2) is 4.39 Å².